The Morgan fingerprint density at radius 2 is 2.14 bits per heavy atom. The summed E-state index contributed by atoms with van der Waals surface area (Å²) in [5.41, 5.74) is 6.67. The van der Waals surface area contributed by atoms with E-state index in [-0.39, 0.29) is 5.56 Å². The van der Waals surface area contributed by atoms with Gasteiger partial charge in [-0.1, -0.05) is 0 Å². The Morgan fingerprint density at radius 3 is 2.76 bits per heavy atom. The Hall–Kier alpha value is -0.920. The van der Waals surface area contributed by atoms with Crippen molar-refractivity contribution < 1.29 is 4.74 Å². The summed E-state index contributed by atoms with van der Waals surface area (Å²) in [4.78, 5) is 14.4. The molecule has 1 saturated carbocycles. The highest BCUT2D eigenvalue weighted by Gasteiger charge is 2.24. The molecule has 0 aromatic carbocycles. The van der Waals surface area contributed by atoms with Crippen LogP contribution in [0.5, 0.6) is 0 Å². The molecule has 2 N–H and O–H groups in total. The Kier molecular flexibility index (Phi) is 5.78. The van der Waals surface area contributed by atoms with Gasteiger partial charge < -0.3 is 15.4 Å². The molecule has 1 heterocycles. The monoisotopic (exact) mass is 358 g/mol. The topological polar surface area (TPSA) is 73.4 Å². The SMILES string of the molecule is COCCn1ncc(N(C)C2CCC(N)CC2)c(Br)c1=O. The maximum absolute atomic E-state index is 12.3. The van der Waals surface area contributed by atoms with Crippen LogP contribution in [0.1, 0.15) is 25.7 Å². The molecule has 0 spiro atoms. The summed E-state index contributed by atoms with van der Waals surface area (Å²) < 4.78 is 6.97. The molecule has 0 saturated heterocycles. The number of halogens is 1. The first-order valence-electron chi connectivity index (χ1n) is 7.27. The van der Waals surface area contributed by atoms with Crippen LogP contribution in [0, 0.1) is 0 Å². The van der Waals surface area contributed by atoms with Crippen molar-refractivity contribution in [1.82, 2.24) is 9.78 Å². The Labute approximate surface area is 133 Å². The summed E-state index contributed by atoms with van der Waals surface area (Å²) in [6.07, 6.45) is 5.92. The van der Waals surface area contributed by atoms with Crippen molar-refractivity contribution in [2.75, 3.05) is 25.7 Å². The first-order valence-corrected chi connectivity index (χ1v) is 8.07. The molecule has 0 unspecified atom stereocenters. The van der Waals surface area contributed by atoms with E-state index < -0.39 is 0 Å². The average Bonchev–Trinajstić information content (AvgIpc) is 2.49. The molecule has 1 aliphatic carbocycles. The summed E-state index contributed by atoms with van der Waals surface area (Å²) in [7, 11) is 3.62. The van der Waals surface area contributed by atoms with E-state index in [0.29, 0.717) is 29.7 Å². The fraction of sp³-hybridized carbons (Fsp3) is 0.714. The summed E-state index contributed by atoms with van der Waals surface area (Å²) in [6.45, 7) is 0.922. The molecule has 6 nitrogen and oxygen atoms in total. The second kappa shape index (κ2) is 7.38. The van der Waals surface area contributed by atoms with Gasteiger partial charge in [0.1, 0.15) is 4.47 Å². The molecule has 1 aromatic heterocycles. The van der Waals surface area contributed by atoms with E-state index in [1.807, 2.05) is 7.05 Å². The number of ether oxygens (including phenoxy) is 1. The molecule has 1 fully saturated rings. The molecule has 118 valence electrons. The van der Waals surface area contributed by atoms with Crippen LogP contribution in [-0.2, 0) is 11.3 Å². The summed E-state index contributed by atoms with van der Waals surface area (Å²) in [6, 6.07) is 0.732. The minimum absolute atomic E-state index is 0.121. The van der Waals surface area contributed by atoms with Crippen LogP contribution in [0.25, 0.3) is 0 Å². The lowest BCUT2D eigenvalue weighted by molar-refractivity contribution is 0.181. The minimum Gasteiger partial charge on any atom is -0.383 e. The van der Waals surface area contributed by atoms with Gasteiger partial charge >= 0.3 is 0 Å². The fourth-order valence-electron chi connectivity index (χ4n) is 2.72. The lowest BCUT2D eigenvalue weighted by Crippen LogP contribution is -2.40. The van der Waals surface area contributed by atoms with Crippen LogP contribution < -0.4 is 16.2 Å². The van der Waals surface area contributed by atoms with Crippen LogP contribution >= 0.6 is 15.9 Å². The maximum atomic E-state index is 12.3. The van der Waals surface area contributed by atoms with E-state index in [4.69, 9.17) is 10.5 Å². The fourth-order valence-corrected chi connectivity index (χ4v) is 3.31. The van der Waals surface area contributed by atoms with Crippen LogP contribution in [-0.4, -0.2) is 42.6 Å². The van der Waals surface area contributed by atoms with E-state index >= 15 is 0 Å². The van der Waals surface area contributed by atoms with E-state index in [2.05, 4.69) is 25.9 Å². The van der Waals surface area contributed by atoms with E-state index in [9.17, 15) is 4.79 Å². The van der Waals surface area contributed by atoms with Gasteiger partial charge in [0.25, 0.3) is 5.56 Å². The average molecular weight is 359 g/mol. The third-order valence-corrected chi connectivity index (χ3v) is 4.89. The smallest absolute Gasteiger partial charge is 0.283 e. The van der Waals surface area contributed by atoms with Gasteiger partial charge in [-0.2, -0.15) is 5.10 Å². The quantitative estimate of drug-likeness (QED) is 0.859. The predicted molar refractivity (Wildman–Crippen MR) is 86.7 cm³/mol. The number of rotatable bonds is 5. The van der Waals surface area contributed by atoms with Crippen molar-refractivity contribution in [3.05, 3.63) is 21.0 Å². The molecule has 0 amide bonds. The maximum Gasteiger partial charge on any atom is 0.283 e. The third kappa shape index (κ3) is 3.84. The molecule has 21 heavy (non-hydrogen) atoms. The van der Waals surface area contributed by atoms with E-state index in [1.54, 1.807) is 13.3 Å². The predicted octanol–water partition coefficient (Wildman–Crippen LogP) is 1.36. The number of hydrogen-bond acceptors (Lipinski definition) is 5. The Morgan fingerprint density at radius 1 is 1.48 bits per heavy atom. The van der Waals surface area contributed by atoms with Gasteiger partial charge in [-0.3, -0.25) is 4.79 Å². The van der Waals surface area contributed by atoms with Crippen LogP contribution in [0.4, 0.5) is 5.69 Å². The van der Waals surface area contributed by atoms with Gasteiger partial charge in [-0.25, -0.2) is 4.68 Å². The van der Waals surface area contributed by atoms with Crippen molar-refractivity contribution in [1.29, 1.82) is 0 Å². The number of methoxy groups -OCH3 is 1. The Bertz CT molecular complexity index is 526. The van der Waals surface area contributed by atoms with Crippen molar-refractivity contribution >= 4 is 21.6 Å². The largest absolute Gasteiger partial charge is 0.383 e. The summed E-state index contributed by atoms with van der Waals surface area (Å²) >= 11 is 3.42. The molecule has 7 heteroatoms. The number of hydrogen-bond donors (Lipinski definition) is 1. The minimum atomic E-state index is -0.121. The van der Waals surface area contributed by atoms with Gasteiger partial charge in [0.05, 0.1) is 25.0 Å². The van der Waals surface area contributed by atoms with Gasteiger partial charge in [-0.15, -0.1) is 0 Å². The molecule has 0 bridgehead atoms. The van der Waals surface area contributed by atoms with Crippen molar-refractivity contribution in [2.45, 2.75) is 44.3 Å². The zero-order valence-electron chi connectivity index (χ0n) is 12.6. The van der Waals surface area contributed by atoms with Crippen LogP contribution in [0.3, 0.4) is 0 Å². The Balaban J connectivity index is 2.16. The van der Waals surface area contributed by atoms with E-state index in [0.717, 1.165) is 31.4 Å². The molecule has 0 aliphatic heterocycles. The van der Waals surface area contributed by atoms with Gasteiger partial charge in [-0.05, 0) is 41.6 Å². The molecule has 0 radical (unpaired) electrons. The van der Waals surface area contributed by atoms with Gasteiger partial charge in [0, 0.05) is 26.2 Å². The molecule has 1 aromatic rings. The second-order valence-electron chi connectivity index (χ2n) is 5.54. The normalized spacial score (nSPS) is 22.3. The number of nitrogens with zero attached hydrogens (tertiary/aromatic N) is 3. The van der Waals surface area contributed by atoms with Crippen LogP contribution in [0.15, 0.2) is 15.5 Å². The van der Waals surface area contributed by atoms with Crippen molar-refractivity contribution in [3.8, 4) is 0 Å². The number of nitrogens with two attached hydrogens (primary N) is 1. The molecular weight excluding hydrogens is 336 g/mol. The second-order valence-corrected chi connectivity index (χ2v) is 6.34. The van der Waals surface area contributed by atoms with Crippen molar-refractivity contribution in [2.24, 2.45) is 5.73 Å². The molecular formula is C14H23BrN4O2. The first kappa shape index (κ1) is 16.5. The lowest BCUT2D eigenvalue weighted by Gasteiger charge is -2.35. The zero-order valence-corrected chi connectivity index (χ0v) is 14.2. The third-order valence-electron chi connectivity index (χ3n) is 4.14. The highest BCUT2D eigenvalue weighted by molar-refractivity contribution is 9.10. The number of anilines is 1. The number of aromatic nitrogens is 2. The van der Waals surface area contributed by atoms with Gasteiger partial charge in [0.2, 0.25) is 0 Å². The first-order chi connectivity index (χ1) is 10.0. The standard InChI is InChI=1S/C14H23BrN4O2/c1-18(11-5-3-10(16)4-6-11)12-9-17-19(7-8-21-2)14(20)13(12)15/h9-11H,3-8,16H2,1-2H3. The molecule has 1 aliphatic rings. The summed E-state index contributed by atoms with van der Waals surface area (Å²) in [5, 5.41) is 4.24. The summed E-state index contributed by atoms with van der Waals surface area (Å²) in [5.74, 6) is 0. The van der Waals surface area contributed by atoms with E-state index in [1.165, 1.54) is 4.68 Å². The highest BCUT2D eigenvalue weighted by Crippen LogP contribution is 2.28. The zero-order chi connectivity index (χ0) is 15.4. The molecule has 0 atom stereocenters. The highest BCUT2D eigenvalue weighted by atomic mass is 79.9. The van der Waals surface area contributed by atoms with Crippen molar-refractivity contribution in [3.63, 3.8) is 0 Å². The molecule has 2 rings (SSSR count). The lowest BCUT2D eigenvalue weighted by atomic mass is 9.91. The van der Waals surface area contributed by atoms with Gasteiger partial charge in [0.15, 0.2) is 0 Å². The van der Waals surface area contributed by atoms with Crippen LogP contribution in [0.2, 0.25) is 0 Å².